The van der Waals surface area contributed by atoms with Gasteiger partial charge in [0.2, 0.25) is 0 Å². The second kappa shape index (κ2) is 9.99. The van der Waals surface area contributed by atoms with Gasteiger partial charge in [-0.1, -0.05) is 30.3 Å². The maximum Gasteiger partial charge on any atom is 0.355 e. The molecule has 2 aromatic carbocycles. The van der Waals surface area contributed by atoms with Crippen molar-refractivity contribution in [1.82, 2.24) is 4.57 Å². The predicted molar refractivity (Wildman–Crippen MR) is 127 cm³/mol. The maximum atomic E-state index is 12.7. The lowest BCUT2D eigenvalue weighted by Crippen LogP contribution is -2.41. The lowest BCUT2D eigenvalue weighted by molar-refractivity contribution is -0.144. The molecule has 1 aliphatic heterocycles. The number of carbonyl (C=O) groups excluding carboxylic acids is 3. The van der Waals surface area contributed by atoms with Gasteiger partial charge in [0, 0.05) is 19.0 Å². The topological polar surface area (TPSA) is 87.1 Å². The molecule has 3 aromatic rings. The lowest BCUT2D eigenvalue weighted by Gasteiger charge is -2.36. The molecule has 0 saturated heterocycles. The van der Waals surface area contributed by atoms with Gasteiger partial charge in [-0.3, -0.25) is 9.59 Å². The van der Waals surface area contributed by atoms with E-state index in [1.54, 1.807) is 25.5 Å². The average molecular weight is 465 g/mol. The Balaban J connectivity index is 1.84. The number of rotatable bonds is 8. The van der Waals surface area contributed by atoms with Gasteiger partial charge in [-0.15, -0.1) is 0 Å². The molecular formula is C26H28N2O6. The number of hydrogen-bond acceptors (Lipinski definition) is 7. The van der Waals surface area contributed by atoms with Gasteiger partial charge < -0.3 is 23.7 Å². The van der Waals surface area contributed by atoms with Crippen molar-refractivity contribution in [3.63, 3.8) is 0 Å². The van der Waals surface area contributed by atoms with E-state index in [1.165, 1.54) is 0 Å². The van der Waals surface area contributed by atoms with E-state index in [0.717, 1.165) is 11.3 Å². The summed E-state index contributed by atoms with van der Waals surface area (Å²) in [5.74, 6) is -0.386. The van der Waals surface area contributed by atoms with Gasteiger partial charge in [-0.05, 0) is 31.5 Å². The molecule has 0 N–H and O–H groups in total. The number of hydrogen-bond donors (Lipinski definition) is 0. The zero-order valence-corrected chi connectivity index (χ0v) is 19.6. The molecular weight excluding hydrogens is 436 g/mol. The molecule has 2 heterocycles. The third-order valence-electron chi connectivity index (χ3n) is 5.88. The van der Waals surface area contributed by atoms with Crippen LogP contribution in [0.4, 0.5) is 5.69 Å². The highest BCUT2D eigenvalue weighted by Gasteiger charge is 2.33. The SMILES string of the molecule is CCOC(=O)C[C@H]1CN(Cc2ccccc2)c2ccc3c(C=O)c(C(=O)OCC)n(C)c3c2O1. The van der Waals surface area contributed by atoms with Crippen molar-refractivity contribution in [1.29, 1.82) is 0 Å². The molecule has 0 bridgehead atoms. The summed E-state index contributed by atoms with van der Waals surface area (Å²) in [4.78, 5) is 39.0. The van der Waals surface area contributed by atoms with Gasteiger partial charge in [-0.2, -0.15) is 0 Å². The van der Waals surface area contributed by atoms with E-state index >= 15 is 0 Å². The largest absolute Gasteiger partial charge is 0.484 e. The fraction of sp³-hybridized carbons (Fsp3) is 0.346. The fourth-order valence-electron chi connectivity index (χ4n) is 4.48. The van der Waals surface area contributed by atoms with Gasteiger partial charge >= 0.3 is 11.9 Å². The van der Waals surface area contributed by atoms with E-state index in [0.29, 0.717) is 42.6 Å². The third-order valence-corrected chi connectivity index (χ3v) is 5.88. The van der Waals surface area contributed by atoms with Crippen LogP contribution in [0.3, 0.4) is 0 Å². The average Bonchev–Trinajstić information content (AvgIpc) is 3.12. The van der Waals surface area contributed by atoms with Crippen molar-refractivity contribution in [3.8, 4) is 5.75 Å². The number of esters is 2. The highest BCUT2D eigenvalue weighted by Crippen LogP contribution is 2.43. The normalized spacial score (nSPS) is 14.9. The quantitative estimate of drug-likeness (QED) is 0.369. The van der Waals surface area contributed by atoms with Gasteiger partial charge in [0.15, 0.2) is 12.0 Å². The molecule has 0 fully saturated rings. The van der Waals surface area contributed by atoms with Crippen LogP contribution in [0.5, 0.6) is 5.75 Å². The summed E-state index contributed by atoms with van der Waals surface area (Å²) in [6.45, 7) is 5.07. The minimum absolute atomic E-state index is 0.0879. The van der Waals surface area contributed by atoms with Gasteiger partial charge in [-0.25, -0.2) is 4.79 Å². The van der Waals surface area contributed by atoms with Crippen LogP contribution in [0.2, 0.25) is 0 Å². The van der Waals surface area contributed by atoms with Crippen LogP contribution in [0.1, 0.15) is 46.7 Å². The number of fused-ring (bicyclic) bond motifs is 3. The molecule has 1 atom stereocenters. The van der Waals surface area contributed by atoms with E-state index in [9.17, 15) is 14.4 Å². The number of anilines is 1. The van der Waals surface area contributed by atoms with Crippen molar-refractivity contribution in [3.05, 3.63) is 59.3 Å². The fourth-order valence-corrected chi connectivity index (χ4v) is 4.48. The minimum Gasteiger partial charge on any atom is -0.484 e. The summed E-state index contributed by atoms with van der Waals surface area (Å²) < 4.78 is 18.3. The Morgan fingerprint density at radius 2 is 1.82 bits per heavy atom. The zero-order valence-electron chi connectivity index (χ0n) is 19.6. The molecule has 0 amide bonds. The Labute approximate surface area is 198 Å². The standard InChI is InChI=1S/C26H28N2O6/c1-4-32-22(30)13-18-15-28(14-17-9-7-6-8-10-17)21-12-11-19-20(16-29)24(26(31)33-5-2)27(3)23(19)25(21)34-18/h6-12,16,18H,4-5,13-15H2,1-3H3/t18-/m0/s1. The minimum atomic E-state index is -0.572. The number of benzene rings is 2. The van der Waals surface area contributed by atoms with E-state index in [4.69, 9.17) is 14.2 Å². The number of aryl methyl sites for hydroxylation is 1. The van der Waals surface area contributed by atoms with E-state index in [1.807, 2.05) is 42.5 Å². The molecule has 0 spiro atoms. The van der Waals surface area contributed by atoms with Crippen LogP contribution < -0.4 is 9.64 Å². The Kier molecular flexibility index (Phi) is 6.86. The number of carbonyl (C=O) groups is 3. The van der Waals surface area contributed by atoms with Crippen molar-refractivity contribution < 1.29 is 28.6 Å². The highest BCUT2D eigenvalue weighted by atomic mass is 16.5. The Bertz CT molecular complexity index is 1220. The zero-order chi connectivity index (χ0) is 24.2. The van der Waals surface area contributed by atoms with Crippen molar-refractivity contribution >= 4 is 34.8 Å². The number of aldehydes is 1. The molecule has 0 radical (unpaired) electrons. The summed E-state index contributed by atoms with van der Waals surface area (Å²) in [6, 6.07) is 13.7. The van der Waals surface area contributed by atoms with Gasteiger partial charge in [0.05, 0.1) is 42.9 Å². The molecule has 0 aliphatic carbocycles. The Morgan fingerprint density at radius 1 is 1.09 bits per heavy atom. The Hall–Kier alpha value is -3.81. The molecule has 1 aromatic heterocycles. The molecule has 4 rings (SSSR count). The highest BCUT2D eigenvalue weighted by molar-refractivity contribution is 6.11. The van der Waals surface area contributed by atoms with Crippen LogP contribution in [-0.2, 0) is 27.9 Å². The van der Waals surface area contributed by atoms with E-state index in [-0.39, 0.29) is 30.3 Å². The predicted octanol–water partition coefficient (Wildman–Crippen LogP) is 3.89. The third kappa shape index (κ3) is 4.35. The molecule has 8 heteroatoms. The first-order valence-corrected chi connectivity index (χ1v) is 11.4. The molecule has 1 aliphatic rings. The molecule has 34 heavy (non-hydrogen) atoms. The van der Waals surface area contributed by atoms with Gasteiger partial charge in [0.1, 0.15) is 11.8 Å². The summed E-state index contributed by atoms with van der Waals surface area (Å²) in [5.41, 5.74) is 2.97. The first-order chi connectivity index (χ1) is 16.5. The molecule has 0 unspecified atom stereocenters. The summed E-state index contributed by atoms with van der Waals surface area (Å²) in [6.07, 6.45) is 0.299. The van der Waals surface area contributed by atoms with E-state index < -0.39 is 12.1 Å². The molecule has 0 saturated carbocycles. The first-order valence-electron chi connectivity index (χ1n) is 11.4. The number of aromatic nitrogens is 1. The van der Waals surface area contributed by atoms with Crippen molar-refractivity contribution in [2.75, 3.05) is 24.7 Å². The summed E-state index contributed by atoms with van der Waals surface area (Å²) in [7, 11) is 1.71. The second-order valence-electron chi connectivity index (χ2n) is 8.08. The van der Waals surface area contributed by atoms with Crippen LogP contribution in [-0.4, -0.2) is 48.7 Å². The van der Waals surface area contributed by atoms with Crippen molar-refractivity contribution in [2.24, 2.45) is 7.05 Å². The maximum absolute atomic E-state index is 12.7. The first kappa shape index (κ1) is 23.4. The lowest BCUT2D eigenvalue weighted by atomic mass is 10.1. The monoisotopic (exact) mass is 464 g/mol. The van der Waals surface area contributed by atoms with Crippen LogP contribution in [0, 0.1) is 0 Å². The molecule has 8 nitrogen and oxygen atoms in total. The van der Waals surface area contributed by atoms with Crippen LogP contribution >= 0.6 is 0 Å². The smallest absolute Gasteiger partial charge is 0.355 e. The summed E-state index contributed by atoms with van der Waals surface area (Å²) in [5, 5.41) is 0.593. The Morgan fingerprint density at radius 3 is 2.50 bits per heavy atom. The molecule has 178 valence electrons. The van der Waals surface area contributed by atoms with Crippen molar-refractivity contribution in [2.45, 2.75) is 32.9 Å². The summed E-state index contributed by atoms with van der Waals surface area (Å²) >= 11 is 0. The van der Waals surface area contributed by atoms with Gasteiger partial charge in [0.25, 0.3) is 0 Å². The number of nitrogens with zero attached hydrogens (tertiary/aromatic N) is 2. The van der Waals surface area contributed by atoms with Crippen LogP contribution in [0.15, 0.2) is 42.5 Å². The second-order valence-corrected chi connectivity index (χ2v) is 8.08. The number of ether oxygens (including phenoxy) is 3. The van der Waals surface area contributed by atoms with Crippen LogP contribution in [0.25, 0.3) is 10.9 Å². The van der Waals surface area contributed by atoms with E-state index in [2.05, 4.69) is 4.90 Å².